The molecule has 1 atom stereocenters. The van der Waals surface area contributed by atoms with Crippen molar-refractivity contribution in [3.8, 4) is 0 Å². The first-order valence-electron chi connectivity index (χ1n) is 10.8. The average molecular weight is 393 g/mol. The molecule has 0 saturated heterocycles. The zero-order valence-electron chi connectivity index (χ0n) is 17.8. The van der Waals surface area contributed by atoms with Crippen molar-refractivity contribution >= 4 is 16.6 Å². The first kappa shape index (κ1) is 20.1. The number of carbonyl (C=O) groups is 1. The van der Waals surface area contributed by atoms with Gasteiger partial charge in [0.2, 0.25) is 0 Å². The number of benzene rings is 4. The summed E-state index contributed by atoms with van der Waals surface area (Å²) in [6.45, 7) is 3.90. The van der Waals surface area contributed by atoms with Gasteiger partial charge in [0.15, 0.2) is 0 Å². The fraction of sp³-hybridized carbons (Fsp3) is 0.207. The lowest BCUT2D eigenvalue weighted by molar-refractivity contribution is -0.117. The number of rotatable bonds is 7. The van der Waals surface area contributed by atoms with Crippen molar-refractivity contribution in [1.82, 2.24) is 0 Å². The summed E-state index contributed by atoms with van der Waals surface area (Å²) in [5.74, 6) is -0.0421. The molecule has 150 valence electrons. The van der Waals surface area contributed by atoms with Crippen LogP contribution in [0.4, 0.5) is 0 Å². The Kier molecular flexibility index (Phi) is 6.09. The third-order valence-corrected chi connectivity index (χ3v) is 5.97. The Bertz CT molecular complexity index is 1140. The molecule has 30 heavy (non-hydrogen) atoms. The predicted molar refractivity (Wildman–Crippen MR) is 126 cm³/mol. The van der Waals surface area contributed by atoms with E-state index in [0.29, 0.717) is 0 Å². The van der Waals surface area contributed by atoms with Gasteiger partial charge in [-0.1, -0.05) is 91.9 Å². The largest absolute Gasteiger partial charge is 0.299 e. The van der Waals surface area contributed by atoms with Gasteiger partial charge in [-0.25, -0.2) is 0 Å². The van der Waals surface area contributed by atoms with Gasteiger partial charge >= 0.3 is 0 Å². The number of Topliss-reactive ketones (excluding diaryl/α,β-unsaturated/α-hetero) is 1. The third kappa shape index (κ3) is 4.21. The number of aryl methyl sites for hydroxylation is 3. The number of carbonyl (C=O) groups excluding carboxylic acids is 1. The van der Waals surface area contributed by atoms with Crippen molar-refractivity contribution in [3.05, 3.63) is 119 Å². The van der Waals surface area contributed by atoms with E-state index in [9.17, 15) is 4.79 Å². The molecular weight excluding hydrogens is 364 g/mol. The number of ketones is 1. The quantitative estimate of drug-likeness (QED) is 0.334. The van der Waals surface area contributed by atoms with Crippen LogP contribution in [0.2, 0.25) is 0 Å². The Morgan fingerprint density at radius 3 is 2.07 bits per heavy atom. The molecule has 1 nitrogen and oxygen atoms in total. The molecule has 0 radical (unpaired) electrons. The maximum atomic E-state index is 12.7. The highest BCUT2D eigenvalue weighted by Gasteiger charge is 2.21. The van der Waals surface area contributed by atoms with Crippen LogP contribution in [0, 0.1) is 0 Å². The monoisotopic (exact) mass is 392 g/mol. The van der Waals surface area contributed by atoms with E-state index in [1.165, 1.54) is 27.5 Å². The summed E-state index contributed by atoms with van der Waals surface area (Å²) in [5, 5.41) is 2.59. The molecule has 0 N–H and O–H groups in total. The molecule has 0 amide bonds. The summed E-state index contributed by atoms with van der Waals surface area (Å²) in [6.07, 6.45) is 2.93. The Hall–Kier alpha value is -3.19. The predicted octanol–water partition coefficient (Wildman–Crippen LogP) is 6.91. The molecule has 4 aromatic rings. The van der Waals surface area contributed by atoms with Crippen molar-refractivity contribution in [1.29, 1.82) is 0 Å². The maximum absolute atomic E-state index is 12.7. The summed E-state index contributed by atoms with van der Waals surface area (Å²) in [5.41, 5.74) is 6.17. The molecule has 1 unspecified atom stereocenters. The highest BCUT2D eigenvalue weighted by molar-refractivity contribution is 5.93. The van der Waals surface area contributed by atoms with Crippen LogP contribution in [-0.4, -0.2) is 5.78 Å². The standard InChI is InChI=1S/C29H28O/c1-3-23-15-10-16-27-25(18-17-22-11-6-4-7-12-22)19-26(20-28(23)27)29(21(2)30)24-13-8-5-9-14-24/h4-16,19-20,29H,3,17-18H2,1-2H3. The van der Waals surface area contributed by atoms with Gasteiger partial charge in [-0.15, -0.1) is 0 Å². The number of hydrogen-bond acceptors (Lipinski definition) is 1. The van der Waals surface area contributed by atoms with Gasteiger partial charge in [0.25, 0.3) is 0 Å². The van der Waals surface area contributed by atoms with Gasteiger partial charge in [0.1, 0.15) is 5.78 Å². The van der Waals surface area contributed by atoms with Gasteiger partial charge in [-0.2, -0.15) is 0 Å². The second kappa shape index (κ2) is 9.09. The van der Waals surface area contributed by atoms with Crippen molar-refractivity contribution in [3.63, 3.8) is 0 Å². The lowest BCUT2D eigenvalue weighted by Crippen LogP contribution is -2.11. The molecule has 4 aromatic carbocycles. The van der Waals surface area contributed by atoms with Crippen LogP contribution in [0.5, 0.6) is 0 Å². The minimum atomic E-state index is -0.226. The van der Waals surface area contributed by atoms with E-state index in [2.05, 4.69) is 79.7 Å². The summed E-state index contributed by atoms with van der Waals surface area (Å²) in [6, 6.07) is 31.9. The van der Waals surface area contributed by atoms with E-state index in [1.807, 2.05) is 18.2 Å². The topological polar surface area (TPSA) is 17.1 Å². The maximum Gasteiger partial charge on any atom is 0.141 e. The normalized spacial score (nSPS) is 12.1. The van der Waals surface area contributed by atoms with Gasteiger partial charge < -0.3 is 0 Å². The summed E-state index contributed by atoms with van der Waals surface area (Å²) in [7, 11) is 0. The Morgan fingerprint density at radius 2 is 1.40 bits per heavy atom. The van der Waals surface area contributed by atoms with E-state index in [1.54, 1.807) is 6.92 Å². The van der Waals surface area contributed by atoms with Crippen molar-refractivity contribution in [2.75, 3.05) is 0 Å². The van der Waals surface area contributed by atoms with E-state index in [-0.39, 0.29) is 11.7 Å². The molecule has 0 aliphatic rings. The molecule has 0 aliphatic heterocycles. The van der Waals surface area contributed by atoms with Crippen LogP contribution in [-0.2, 0) is 24.1 Å². The fourth-order valence-corrected chi connectivity index (χ4v) is 4.46. The highest BCUT2D eigenvalue weighted by Crippen LogP contribution is 2.33. The van der Waals surface area contributed by atoms with Crippen LogP contribution >= 0.6 is 0 Å². The summed E-state index contributed by atoms with van der Waals surface area (Å²) < 4.78 is 0. The lowest BCUT2D eigenvalue weighted by atomic mass is 9.84. The molecule has 1 heteroatoms. The Labute approximate surface area is 179 Å². The van der Waals surface area contributed by atoms with Crippen molar-refractivity contribution in [2.24, 2.45) is 0 Å². The molecule has 4 rings (SSSR count). The molecule has 0 bridgehead atoms. The zero-order chi connectivity index (χ0) is 20.9. The minimum absolute atomic E-state index is 0.184. The van der Waals surface area contributed by atoms with Gasteiger partial charge in [-0.05, 0) is 70.8 Å². The molecule has 0 spiro atoms. The smallest absolute Gasteiger partial charge is 0.141 e. The van der Waals surface area contributed by atoms with Crippen LogP contribution in [0.3, 0.4) is 0 Å². The number of hydrogen-bond donors (Lipinski definition) is 0. The molecule has 0 heterocycles. The molecular formula is C29H28O. The fourth-order valence-electron chi connectivity index (χ4n) is 4.46. The summed E-state index contributed by atoms with van der Waals surface area (Å²) in [4.78, 5) is 12.7. The van der Waals surface area contributed by atoms with E-state index >= 15 is 0 Å². The third-order valence-electron chi connectivity index (χ3n) is 5.97. The zero-order valence-corrected chi connectivity index (χ0v) is 17.8. The SMILES string of the molecule is CCc1cccc2c(CCc3ccccc3)cc(C(C(C)=O)c3ccccc3)cc12. The average Bonchev–Trinajstić information content (AvgIpc) is 2.78. The van der Waals surface area contributed by atoms with Crippen molar-refractivity contribution < 1.29 is 4.79 Å². The molecule has 0 aromatic heterocycles. The second-order valence-corrected chi connectivity index (χ2v) is 7.99. The summed E-state index contributed by atoms with van der Waals surface area (Å²) >= 11 is 0. The van der Waals surface area contributed by atoms with Gasteiger partial charge in [0.05, 0.1) is 5.92 Å². The second-order valence-electron chi connectivity index (χ2n) is 7.99. The van der Waals surface area contributed by atoms with E-state index in [0.717, 1.165) is 30.4 Å². The first-order chi connectivity index (χ1) is 14.7. The molecule has 0 fully saturated rings. The van der Waals surface area contributed by atoms with Gasteiger partial charge in [-0.3, -0.25) is 4.79 Å². The van der Waals surface area contributed by atoms with Crippen molar-refractivity contribution in [2.45, 2.75) is 39.0 Å². The van der Waals surface area contributed by atoms with Crippen LogP contribution in [0.15, 0.2) is 91.0 Å². The lowest BCUT2D eigenvalue weighted by Gasteiger charge is -2.19. The highest BCUT2D eigenvalue weighted by atomic mass is 16.1. The van der Waals surface area contributed by atoms with Gasteiger partial charge in [0, 0.05) is 0 Å². The Balaban J connectivity index is 1.84. The van der Waals surface area contributed by atoms with Crippen LogP contribution in [0.1, 0.15) is 47.6 Å². The first-order valence-corrected chi connectivity index (χ1v) is 10.8. The Morgan fingerprint density at radius 1 is 0.700 bits per heavy atom. The molecule has 0 saturated carbocycles. The van der Waals surface area contributed by atoms with Crippen LogP contribution < -0.4 is 0 Å². The van der Waals surface area contributed by atoms with E-state index < -0.39 is 0 Å². The van der Waals surface area contributed by atoms with E-state index in [4.69, 9.17) is 0 Å². The minimum Gasteiger partial charge on any atom is -0.299 e. The molecule has 0 aliphatic carbocycles. The van der Waals surface area contributed by atoms with Crippen LogP contribution in [0.25, 0.3) is 10.8 Å². The number of fused-ring (bicyclic) bond motifs is 1.